The number of unbranched alkanes of at least 4 members (excludes halogenated alkanes) is 2. The lowest BCUT2D eigenvalue weighted by Crippen LogP contribution is -2.46. The van der Waals surface area contributed by atoms with Crippen LogP contribution in [0.1, 0.15) is 61.5 Å². The first-order valence-corrected chi connectivity index (χ1v) is 13.9. The number of carbonyl (C=O) groups excluding carboxylic acids is 3. The van der Waals surface area contributed by atoms with Crippen LogP contribution in [-0.2, 0) is 16.1 Å². The Morgan fingerprint density at radius 2 is 1.79 bits per heavy atom. The molecule has 0 unspecified atom stereocenters. The minimum absolute atomic E-state index is 0.231. The van der Waals surface area contributed by atoms with Crippen LogP contribution in [0.5, 0.6) is 0 Å². The summed E-state index contributed by atoms with van der Waals surface area (Å²) in [5.74, 6) is -0.459. The fourth-order valence-corrected chi connectivity index (χ4v) is 4.89. The molecule has 0 aliphatic heterocycles. The largest absolute Gasteiger partial charge is 0.349 e. The fourth-order valence-electron chi connectivity index (χ4n) is 4.07. The molecule has 0 bridgehead atoms. The zero-order valence-electron chi connectivity index (χ0n) is 21.7. The predicted molar refractivity (Wildman–Crippen MR) is 148 cm³/mol. The number of amides is 2. The van der Waals surface area contributed by atoms with Crippen molar-refractivity contribution < 1.29 is 14.4 Å². The van der Waals surface area contributed by atoms with E-state index in [9.17, 15) is 14.4 Å². The smallest absolute Gasteiger partial charge is 0.254 e. The number of ketones is 1. The highest BCUT2D eigenvalue weighted by molar-refractivity contribution is 7.13. The van der Waals surface area contributed by atoms with Gasteiger partial charge in [-0.05, 0) is 35.4 Å². The van der Waals surface area contributed by atoms with Crippen molar-refractivity contribution in [2.24, 2.45) is 0 Å². The molecule has 0 aliphatic rings. The molecule has 202 valence electrons. The molecule has 2 N–H and O–H groups in total. The molecule has 2 aromatic heterocycles. The molecule has 0 fully saturated rings. The standard InChI is InChI=1S/C28H31N7O3S/c1-2-22(36)13-7-4-8-15-24(32-26(37)23-14-9-10-16-25(23)35-19-30-33-34-35)27(38)29-17-21-18-39-28(31-21)20-11-5-3-6-12-20/h3,5-6,9-12,14,16,18-19,24H,2,4,7-8,13,15,17H2,1H3,(H,29,38)(H,32,37)/t24-/m0/s1. The number of carbonyl (C=O) groups is 3. The average molecular weight is 546 g/mol. The Labute approximate surface area is 230 Å². The van der Waals surface area contributed by atoms with Gasteiger partial charge in [0.1, 0.15) is 23.2 Å². The van der Waals surface area contributed by atoms with Crippen molar-refractivity contribution in [3.05, 3.63) is 77.6 Å². The maximum atomic E-state index is 13.3. The Hall–Kier alpha value is -4.25. The van der Waals surface area contributed by atoms with Crippen molar-refractivity contribution in [2.75, 3.05) is 0 Å². The van der Waals surface area contributed by atoms with Crippen LogP contribution in [0.4, 0.5) is 0 Å². The molecule has 4 aromatic rings. The third kappa shape index (κ3) is 7.87. The van der Waals surface area contributed by atoms with Gasteiger partial charge in [0.05, 0.1) is 23.5 Å². The van der Waals surface area contributed by atoms with E-state index in [1.54, 1.807) is 24.3 Å². The number of benzene rings is 2. The van der Waals surface area contributed by atoms with E-state index < -0.39 is 11.9 Å². The van der Waals surface area contributed by atoms with Crippen molar-refractivity contribution in [2.45, 2.75) is 58.0 Å². The third-order valence-electron chi connectivity index (χ3n) is 6.23. The third-order valence-corrected chi connectivity index (χ3v) is 7.17. The van der Waals surface area contributed by atoms with Crippen LogP contribution in [0.15, 0.2) is 66.3 Å². The van der Waals surface area contributed by atoms with Crippen molar-refractivity contribution in [1.29, 1.82) is 0 Å². The van der Waals surface area contributed by atoms with E-state index in [-0.39, 0.29) is 18.2 Å². The number of Topliss-reactive ketones (excluding diaryl/α,β-unsaturated/α-hetero) is 1. The molecule has 0 saturated heterocycles. The van der Waals surface area contributed by atoms with Crippen LogP contribution >= 0.6 is 11.3 Å². The van der Waals surface area contributed by atoms with Gasteiger partial charge in [-0.25, -0.2) is 4.98 Å². The molecule has 39 heavy (non-hydrogen) atoms. The van der Waals surface area contributed by atoms with E-state index in [0.717, 1.165) is 29.1 Å². The molecule has 10 nitrogen and oxygen atoms in total. The van der Waals surface area contributed by atoms with E-state index >= 15 is 0 Å². The van der Waals surface area contributed by atoms with Gasteiger partial charge in [0.15, 0.2) is 0 Å². The second-order valence-electron chi connectivity index (χ2n) is 9.02. The molecule has 11 heteroatoms. The SMILES string of the molecule is CCC(=O)CCCCC[C@H](NC(=O)c1ccccc1-n1cnnn1)C(=O)NCc1csc(-c2ccccc2)n1. The highest BCUT2D eigenvalue weighted by atomic mass is 32.1. The molecule has 1 atom stereocenters. The second-order valence-corrected chi connectivity index (χ2v) is 9.88. The van der Waals surface area contributed by atoms with Gasteiger partial charge in [-0.15, -0.1) is 16.4 Å². The van der Waals surface area contributed by atoms with Gasteiger partial charge >= 0.3 is 0 Å². The number of hydrogen-bond acceptors (Lipinski definition) is 8. The lowest BCUT2D eigenvalue weighted by Gasteiger charge is -2.19. The first-order valence-electron chi connectivity index (χ1n) is 13.0. The topological polar surface area (TPSA) is 132 Å². The van der Waals surface area contributed by atoms with Crippen LogP contribution in [0.25, 0.3) is 16.3 Å². The first-order chi connectivity index (χ1) is 19.0. The van der Waals surface area contributed by atoms with Gasteiger partial charge in [0, 0.05) is 23.8 Å². The normalized spacial score (nSPS) is 11.6. The van der Waals surface area contributed by atoms with Crippen LogP contribution in [-0.4, -0.2) is 48.8 Å². The number of nitrogens with one attached hydrogen (secondary N) is 2. The zero-order valence-corrected chi connectivity index (χ0v) is 22.6. The molecule has 0 radical (unpaired) electrons. The maximum Gasteiger partial charge on any atom is 0.254 e. The van der Waals surface area contributed by atoms with E-state index in [1.165, 1.54) is 22.3 Å². The molecule has 0 spiro atoms. The summed E-state index contributed by atoms with van der Waals surface area (Å²) < 4.78 is 1.40. The molecular formula is C28H31N7O3S. The van der Waals surface area contributed by atoms with Crippen molar-refractivity contribution in [3.8, 4) is 16.3 Å². The number of thiazole rings is 1. The number of hydrogen-bond donors (Lipinski definition) is 2. The first kappa shape index (κ1) is 27.8. The zero-order chi connectivity index (χ0) is 27.5. The number of rotatable bonds is 14. The molecule has 0 aliphatic carbocycles. The summed E-state index contributed by atoms with van der Waals surface area (Å²) in [4.78, 5) is 42.8. The van der Waals surface area contributed by atoms with Gasteiger partial charge in [-0.3, -0.25) is 14.4 Å². The number of aromatic nitrogens is 5. The van der Waals surface area contributed by atoms with Gasteiger partial charge in [0.25, 0.3) is 5.91 Å². The van der Waals surface area contributed by atoms with E-state index in [1.807, 2.05) is 42.6 Å². The Balaban J connectivity index is 1.41. The van der Waals surface area contributed by atoms with Crippen molar-refractivity contribution in [3.63, 3.8) is 0 Å². The molecule has 4 rings (SSSR count). The summed E-state index contributed by atoms with van der Waals surface area (Å²) in [7, 11) is 0. The summed E-state index contributed by atoms with van der Waals surface area (Å²) >= 11 is 1.52. The van der Waals surface area contributed by atoms with E-state index in [0.29, 0.717) is 36.9 Å². The summed E-state index contributed by atoms with van der Waals surface area (Å²) in [6.45, 7) is 2.11. The monoisotopic (exact) mass is 545 g/mol. The van der Waals surface area contributed by atoms with Crippen molar-refractivity contribution in [1.82, 2.24) is 35.8 Å². The van der Waals surface area contributed by atoms with Gasteiger partial charge in [0.2, 0.25) is 5.91 Å². The fraction of sp³-hybridized carbons (Fsp3) is 0.321. The molecule has 2 aromatic carbocycles. The lowest BCUT2D eigenvalue weighted by atomic mass is 10.0. The van der Waals surface area contributed by atoms with Gasteiger partial charge in [-0.1, -0.05) is 62.2 Å². The van der Waals surface area contributed by atoms with Gasteiger partial charge < -0.3 is 10.6 Å². The van der Waals surface area contributed by atoms with Crippen LogP contribution in [0.2, 0.25) is 0 Å². The summed E-state index contributed by atoms with van der Waals surface area (Å²) in [5.41, 5.74) is 2.63. The van der Waals surface area contributed by atoms with Crippen LogP contribution < -0.4 is 10.6 Å². The molecule has 2 amide bonds. The molecular weight excluding hydrogens is 514 g/mol. The van der Waals surface area contributed by atoms with Crippen LogP contribution in [0.3, 0.4) is 0 Å². The quantitative estimate of drug-likeness (QED) is 0.228. The van der Waals surface area contributed by atoms with Crippen LogP contribution in [0, 0.1) is 0 Å². The maximum absolute atomic E-state index is 13.3. The Kier molecular flexibility index (Phi) is 10.0. The minimum Gasteiger partial charge on any atom is -0.349 e. The molecule has 0 saturated carbocycles. The summed E-state index contributed by atoms with van der Waals surface area (Å²) in [5, 5.41) is 19.8. The lowest BCUT2D eigenvalue weighted by molar-refractivity contribution is -0.123. The van der Waals surface area contributed by atoms with Crippen molar-refractivity contribution >= 4 is 28.9 Å². The second kappa shape index (κ2) is 14.1. The Bertz CT molecular complexity index is 1370. The summed E-state index contributed by atoms with van der Waals surface area (Å²) in [6.07, 6.45) is 5.16. The Morgan fingerprint density at radius 1 is 1.00 bits per heavy atom. The van der Waals surface area contributed by atoms with E-state index in [2.05, 4.69) is 31.1 Å². The number of nitrogens with zero attached hydrogens (tertiary/aromatic N) is 5. The average Bonchev–Trinajstić information content (AvgIpc) is 3.68. The molecule has 2 heterocycles. The highest BCUT2D eigenvalue weighted by Crippen LogP contribution is 2.23. The highest BCUT2D eigenvalue weighted by Gasteiger charge is 2.23. The predicted octanol–water partition coefficient (Wildman–Crippen LogP) is 4.13. The number of tetrazole rings is 1. The van der Waals surface area contributed by atoms with Gasteiger partial charge in [-0.2, -0.15) is 4.68 Å². The Morgan fingerprint density at radius 3 is 2.56 bits per heavy atom. The summed E-state index contributed by atoms with van der Waals surface area (Å²) in [6, 6.07) is 16.0. The minimum atomic E-state index is -0.756. The number of para-hydroxylation sites is 1. The van der Waals surface area contributed by atoms with E-state index in [4.69, 9.17) is 0 Å².